The van der Waals surface area contributed by atoms with Gasteiger partial charge >= 0.3 is 0 Å². The van der Waals surface area contributed by atoms with Crippen molar-refractivity contribution < 1.29 is 4.55 Å². The minimum absolute atomic E-state index is 0.174. The van der Waals surface area contributed by atoms with E-state index < -0.39 is 11.4 Å². The molecule has 6 heteroatoms. The molecule has 0 aliphatic heterocycles. The maximum absolute atomic E-state index is 13.1. The summed E-state index contributed by atoms with van der Waals surface area (Å²) in [5.41, 5.74) is 5.07. The highest BCUT2D eigenvalue weighted by Crippen LogP contribution is 2.34. The summed E-state index contributed by atoms with van der Waals surface area (Å²) in [5, 5.41) is 5.94. The first-order valence-electron chi connectivity index (χ1n) is 10.4. The highest BCUT2D eigenvalue weighted by atomic mass is 32.2. The van der Waals surface area contributed by atoms with Crippen LogP contribution in [0.4, 0.5) is 0 Å². The first-order valence-corrected chi connectivity index (χ1v) is 11.6. The van der Waals surface area contributed by atoms with Gasteiger partial charge in [-0.3, -0.25) is 9.67 Å². The maximum atomic E-state index is 13.1. The van der Waals surface area contributed by atoms with Crippen molar-refractivity contribution in [3.05, 3.63) is 84.2 Å². The van der Waals surface area contributed by atoms with E-state index in [0.717, 1.165) is 33.4 Å². The maximum Gasteiger partial charge on any atom is 0.136 e. The van der Waals surface area contributed by atoms with Crippen LogP contribution in [0.15, 0.2) is 72.9 Å². The molecule has 0 fully saturated rings. The number of aromatic nitrogens is 3. The van der Waals surface area contributed by atoms with E-state index in [-0.39, 0.29) is 10.8 Å². The third kappa shape index (κ3) is 4.66. The molecule has 4 rings (SSSR count). The van der Waals surface area contributed by atoms with Gasteiger partial charge in [0.05, 0.1) is 11.6 Å². The standard InChI is InChI=1S/C25H28N4OS/c1-25(2,3)31(30)28-22(17-18-11-9-10-16-26-18)19-12-5-6-13-20(19)24-21-14-7-8-15-23(21)29(4)27-24/h5-16,22,28H,17H2,1-4H3/t22?,31-/m0/s1. The first-order chi connectivity index (χ1) is 14.8. The number of hydrogen-bond acceptors (Lipinski definition) is 4. The number of pyridine rings is 1. The number of aryl methyl sites for hydroxylation is 1. The molecule has 0 radical (unpaired) electrons. The summed E-state index contributed by atoms with van der Waals surface area (Å²) in [6.07, 6.45) is 2.43. The fourth-order valence-corrected chi connectivity index (χ4v) is 4.50. The van der Waals surface area contributed by atoms with Gasteiger partial charge in [-0.2, -0.15) is 5.10 Å². The van der Waals surface area contributed by atoms with Crippen molar-refractivity contribution >= 4 is 22.3 Å². The Morgan fingerprint density at radius 2 is 1.71 bits per heavy atom. The summed E-state index contributed by atoms with van der Waals surface area (Å²) < 4.78 is 18.0. The summed E-state index contributed by atoms with van der Waals surface area (Å²) in [4.78, 5) is 4.51. The Bertz CT molecular complexity index is 1170. The molecule has 160 valence electrons. The van der Waals surface area contributed by atoms with E-state index in [1.54, 1.807) is 6.20 Å². The van der Waals surface area contributed by atoms with Gasteiger partial charge < -0.3 is 4.55 Å². The second-order valence-corrected chi connectivity index (χ2v) is 10.7. The zero-order valence-electron chi connectivity index (χ0n) is 18.4. The highest BCUT2D eigenvalue weighted by molar-refractivity contribution is 7.90. The lowest BCUT2D eigenvalue weighted by Gasteiger charge is -2.29. The van der Waals surface area contributed by atoms with Crippen LogP contribution < -0.4 is 4.72 Å². The lowest BCUT2D eigenvalue weighted by molar-refractivity contribution is 0.521. The first kappa shape index (κ1) is 21.6. The molecule has 5 nitrogen and oxygen atoms in total. The number of para-hydroxylation sites is 1. The van der Waals surface area contributed by atoms with Gasteiger partial charge in [-0.15, -0.1) is 4.72 Å². The molecule has 2 heterocycles. The van der Waals surface area contributed by atoms with E-state index >= 15 is 0 Å². The Balaban J connectivity index is 1.82. The van der Waals surface area contributed by atoms with Crippen molar-refractivity contribution in [2.45, 2.75) is 38.0 Å². The van der Waals surface area contributed by atoms with Crippen molar-refractivity contribution in [1.82, 2.24) is 19.5 Å². The smallest absolute Gasteiger partial charge is 0.136 e. The molecule has 31 heavy (non-hydrogen) atoms. The van der Waals surface area contributed by atoms with E-state index in [9.17, 15) is 4.55 Å². The lowest BCUT2D eigenvalue weighted by atomic mass is 9.94. The van der Waals surface area contributed by atoms with Gasteiger partial charge in [0.25, 0.3) is 0 Å². The number of hydrogen-bond donors (Lipinski definition) is 1. The van der Waals surface area contributed by atoms with Crippen LogP contribution >= 0.6 is 0 Å². The fraction of sp³-hybridized carbons (Fsp3) is 0.280. The van der Waals surface area contributed by atoms with Crippen LogP contribution in [0, 0.1) is 0 Å². The summed E-state index contributed by atoms with van der Waals surface area (Å²) >= 11 is -1.23. The van der Waals surface area contributed by atoms with Gasteiger partial charge in [-0.25, -0.2) is 0 Å². The van der Waals surface area contributed by atoms with E-state index in [1.165, 1.54) is 0 Å². The van der Waals surface area contributed by atoms with E-state index in [1.807, 2.05) is 75.0 Å². The van der Waals surface area contributed by atoms with Crippen LogP contribution in [0.5, 0.6) is 0 Å². The molecule has 2 aromatic carbocycles. The third-order valence-electron chi connectivity index (χ3n) is 5.29. The van der Waals surface area contributed by atoms with Crippen LogP contribution in [-0.2, 0) is 24.8 Å². The zero-order chi connectivity index (χ0) is 22.0. The number of nitrogens with zero attached hydrogens (tertiary/aromatic N) is 3. The normalized spacial score (nSPS) is 14.0. The summed E-state index contributed by atoms with van der Waals surface area (Å²) in [6, 6.07) is 22.2. The quantitative estimate of drug-likeness (QED) is 0.437. The largest absolute Gasteiger partial charge is 0.598 e. The number of nitrogens with one attached hydrogen (secondary N) is 1. The Hall–Kier alpha value is -2.67. The van der Waals surface area contributed by atoms with Crippen LogP contribution in [0.1, 0.15) is 38.1 Å². The van der Waals surface area contributed by atoms with Crippen molar-refractivity contribution in [3.63, 3.8) is 0 Å². The summed E-state index contributed by atoms with van der Waals surface area (Å²) in [5.74, 6) is 0. The predicted octanol–water partition coefficient (Wildman–Crippen LogP) is 4.97. The molecule has 0 bridgehead atoms. The molecular weight excluding hydrogens is 404 g/mol. The Labute approximate surface area is 186 Å². The molecule has 0 aliphatic rings. The number of fused-ring (bicyclic) bond motifs is 1. The molecule has 1 N–H and O–H groups in total. The minimum Gasteiger partial charge on any atom is -0.598 e. The second kappa shape index (κ2) is 8.83. The average Bonchev–Trinajstić information content (AvgIpc) is 3.10. The van der Waals surface area contributed by atoms with Crippen molar-refractivity contribution in [2.75, 3.05) is 0 Å². The van der Waals surface area contributed by atoms with E-state index in [4.69, 9.17) is 5.10 Å². The van der Waals surface area contributed by atoms with Crippen molar-refractivity contribution in [2.24, 2.45) is 7.05 Å². The van der Waals surface area contributed by atoms with Crippen LogP contribution in [0.3, 0.4) is 0 Å². The number of rotatable bonds is 6. The number of benzene rings is 2. The molecule has 1 unspecified atom stereocenters. The van der Waals surface area contributed by atoms with Gasteiger partial charge in [0.2, 0.25) is 0 Å². The van der Waals surface area contributed by atoms with Crippen molar-refractivity contribution in [3.8, 4) is 11.3 Å². The van der Waals surface area contributed by atoms with Crippen LogP contribution in [0.25, 0.3) is 22.2 Å². The van der Waals surface area contributed by atoms with Gasteiger partial charge in [-0.1, -0.05) is 48.5 Å². The molecule has 2 atom stereocenters. The van der Waals surface area contributed by atoms with Crippen LogP contribution in [-0.4, -0.2) is 24.1 Å². The molecule has 2 aromatic heterocycles. The molecule has 0 saturated heterocycles. The van der Waals surface area contributed by atoms with Gasteiger partial charge in [0.15, 0.2) is 0 Å². The predicted molar refractivity (Wildman–Crippen MR) is 128 cm³/mol. The molecular formula is C25H28N4OS. The monoisotopic (exact) mass is 432 g/mol. The Morgan fingerprint density at radius 3 is 2.45 bits per heavy atom. The SMILES string of the molecule is Cn1nc(-c2ccccc2C(Cc2ccccn2)N[S@@+]([O-])C(C)(C)C)c2ccccc21. The zero-order valence-corrected chi connectivity index (χ0v) is 19.2. The van der Waals surface area contributed by atoms with Crippen molar-refractivity contribution in [1.29, 1.82) is 0 Å². The summed E-state index contributed by atoms with van der Waals surface area (Å²) in [7, 11) is 1.97. The highest BCUT2D eigenvalue weighted by Gasteiger charge is 2.31. The van der Waals surface area contributed by atoms with E-state index in [2.05, 4.69) is 34.0 Å². The topological polar surface area (TPSA) is 65.8 Å². The summed E-state index contributed by atoms with van der Waals surface area (Å²) in [6.45, 7) is 5.93. The Kier molecular flexibility index (Phi) is 6.14. The lowest BCUT2D eigenvalue weighted by Crippen LogP contribution is -2.42. The van der Waals surface area contributed by atoms with Gasteiger partial charge in [0, 0.05) is 47.7 Å². The molecule has 0 spiro atoms. The third-order valence-corrected chi connectivity index (χ3v) is 6.90. The molecule has 0 amide bonds. The van der Waals surface area contributed by atoms with Gasteiger partial charge in [0.1, 0.15) is 10.4 Å². The Morgan fingerprint density at radius 1 is 1.00 bits per heavy atom. The van der Waals surface area contributed by atoms with E-state index in [0.29, 0.717) is 6.42 Å². The molecule has 0 aliphatic carbocycles. The average molecular weight is 433 g/mol. The van der Waals surface area contributed by atoms with Crippen LogP contribution in [0.2, 0.25) is 0 Å². The molecule has 0 saturated carbocycles. The van der Waals surface area contributed by atoms with Gasteiger partial charge in [-0.05, 0) is 44.5 Å². The second-order valence-electron chi connectivity index (χ2n) is 8.65. The minimum atomic E-state index is -1.23. The molecule has 4 aromatic rings. The fourth-order valence-electron chi connectivity index (χ4n) is 3.68.